The Hall–Kier alpha value is -3.32. The molecule has 0 saturated heterocycles. The van der Waals surface area contributed by atoms with E-state index >= 15 is 0 Å². The Kier molecular flexibility index (Phi) is 5.48. The highest BCUT2D eigenvalue weighted by Gasteiger charge is 2.28. The Bertz CT molecular complexity index is 1030. The molecule has 0 aromatic heterocycles. The van der Waals surface area contributed by atoms with Crippen molar-refractivity contribution in [3.05, 3.63) is 78.6 Å². The molecule has 0 radical (unpaired) electrons. The maximum absolute atomic E-state index is 13.1. The number of amides is 1. The topological polar surface area (TPSA) is 55.8 Å². The van der Waals surface area contributed by atoms with Gasteiger partial charge in [0.2, 0.25) is 0 Å². The molecule has 3 aromatic carbocycles. The molecule has 1 amide bonds. The number of halogens is 1. The number of carbonyl (C=O) groups excluding carboxylic acids is 2. The summed E-state index contributed by atoms with van der Waals surface area (Å²) >= 11 is 1.58. The van der Waals surface area contributed by atoms with Crippen LogP contribution in [0.4, 0.5) is 15.8 Å². The van der Waals surface area contributed by atoms with Gasteiger partial charge in [0.05, 0.1) is 11.4 Å². The SMILES string of the molecule is O=C(COc1cccc(F)c1)OCC(=O)N1c2ccccc2Sc2ccccc21. The molecule has 0 unspecified atom stereocenters. The van der Waals surface area contributed by atoms with Crippen LogP contribution in [0, 0.1) is 5.82 Å². The fourth-order valence-electron chi connectivity index (χ4n) is 2.92. The van der Waals surface area contributed by atoms with Crippen LogP contribution in [0.15, 0.2) is 82.6 Å². The second kappa shape index (κ2) is 8.36. The Morgan fingerprint density at radius 3 is 2.17 bits per heavy atom. The number of nitrogens with zero attached hydrogens (tertiary/aromatic N) is 1. The summed E-state index contributed by atoms with van der Waals surface area (Å²) in [7, 11) is 0. The van der Waals surface area contributed by atoms with E-state index < -0.39 is 25.0 Å². The lowest BCUT2D eigenvalue weighted by Gasteiger charge is -2.30. The van der Waals surface area contributed by atoms with E-state index in [1.807, 2.05) is 48.5 Å². The molecule has 0 saturated carbocycles. The average Bonchev–Trinajstić information content (AvgIpc) is 2.74. The van der Waals surface area contributed by atoms with Crippen LogP contribution in [0.3, 0.4) is 0 Å². The molecule has 0 bridgehead atoms. The lowest BCUT2D eigenvalue weighted by atomic mass is 10.2. The first-order valence-corrected chi connectivity index (χ1v) is 9.66. The van der Waals surface area contributed by atoms with Crippen molar-refractivity contribution in [2.75, 3.05) is 18.1 Å². The molecule has 0 fully saturated rings. The predicted octanol–water partition coefficient (Wildman–Crippen LogP) is 4.58. The zero-order valence-electron chi connectivity index (χ0n) is 15.2. The van der Waals surface area contributed by atoms with E-state index in [4.69, 9.17) is 9.47 Å². The number of esters is 1. The predicted molar refractivity (Wildman–Crippen MR) is 107 cm³/mol. The summed E-state index contributed by atoms with van der Waals surface area (Å²) in [5.74, 6) is -1.34. The van der Waals surface area contributed by atoms with Crippen molar-refractivity contribution in [1.82, 2.24) is 0 Å². The first-order valence-electron chi connectivity index (χ1n) is 8.85. The van der Waals surface area contributed by atoms with Gasteiger partial charge in [0, 0.05) is 15.9 Å². The zero-order valence-corrected chi connectivity index (χ0v) is 16.0. The summed E-state index contributed by atoms with van der Waals surface area (Å²) in [4.78, 5) is 28.3. The van der Waals surface area contributed by atoms with Gasteiger partial charge in [-0.1, -0.05) is 42.1 Å². The van der Waals surface area contributed by atoms with Gasteiger partial charge in [0.15, 0.2) is 13.2 Å². The van der Waals surface area contributed by atoms with Crippen LogP contribution in [-0.4, -0.2) is 25.1 Å². The molecule has 4 rings (SSSR count). The van der Waals surface area contributed by atoms with Gasteiger partial charge in [-0.3, -0.25) is 9.69 Å². The van der Waals surface area contributed by atoms with E-state index in [1.165, 1.54) is 18.2 Å². The Labute approximate surface area is 171 Å². The third-order valence-electron chi connectivity index (χ3n) is 4.19. The molecule has 5 nitrogen and oxygen atoms in total. The van der Waals surface area contributed by atoms with Gasteiger partial charge >= 0.3 is 5.97 Å². The Morgan fingerprint density at radius 1 is 0.862 bits per heavy atom. The van der Waals surface area contributed by atoms with Crippen molar-refractivity contribution in [3.63, 3.8) is 0 Å². The molecular weight excluding hydrogens is 393 g/mol. The zero-order chi connectivity index (χ0) is 20.2. The summed E-state index contributed by atoms with van der Waals surface area (Å²) in [6, 6.07) is 20.6. The summed E-state index contributed by atoms with van der Waals surface area (Å²) in [5.41, 5.74) is 1.49. The number of fused-ring (bicyclic) bond motifs is 2. The van der Waals surface area contributed by atoms with Crippen LogP contribution in [0.25, 0.3) is 0 Å². The number of anilines is 2. The molecule has 7 heteroatoms. The van der Waals surface area contributed by atoms with Crippen LogP contribution in [0.1, 0.15) is 0 Å². The number of hydrogen-bond acceptors (Lipinski definition) is 5. The highest BCUT2D eigenvalue weighted by Crippen LogP contribution is 2.47. The third-order valence-corrected chi connectivity index (χ3v) is 5.32. The molecule has 0 atom stereocenters. The normalized spacial score (nSPS) is 12.0. The van der Waals surface area contributed by atoms with Crippen molar-refractivity contribution in [2.45, 2.75) is 9.79 Å². The standard InChI is InChI=1S/C22H16FNO4S/c23-15-6-5-7-16(12-15)27-14-22(26)28-13-21(25)24-17-8-1-3-10-19(17)29-20-11-4-2-9-18(20)24/h1-12H,13-14H2. The molecule has 1 aliphatic rings. The molecule has 0 aliphatic carbocycles. The number of benzene rings is 3. The van der Waals surface area contributed by atoms with E-state index in [2.05, 4.69) is 0 Å². The van der Waals surface area contributed by atoms with Crippen molar-refractivity contribution < 1.29 is 23.5 Å². The van der Waals surface area contributed by atoms with Crippen LogP contribution in [0.2, 0.25) is 0 Å². The van der Waals surface area contributed by atoms with Gasteiger partial charge in [-0.05, 0) is 36.4 Å². The van der Waals surface area contributed by atoms with E-state index in [0.717, 1.165) is 27.2 Å². The summed E-state index contributed by atoms with van der Waals surface area (Å²) in [6.45, 7) is -0.849. The highest BCUT2D eigenvalue weighted by molar-refractivity contribution is 7.99. The highest BCUT2D eigenvalue weighted by atomic mass is 32.2. The number of ether oxygens (including phenoxy) is 2. The maximum Gasteiger partial charge on any atom is 0.344 e. The first kappa shape index (κ1) is 19.0. The van der Waals surface area contributed by atoms with Crippen LogP contribution in [0.5, 0.6) is 5.75 Å². The van der Waals surface area contributed by atoms with E-state index in [9.17, 15) is 14.0 Å². The number of rotatable bonds is 5. The molecular formula is C22H16FNO4S. The minimum atomic E-state index is -0.712. The monoisotopic (exact) mass is 409 g/mol. The summed E-state index contributed by atoms with van der Waals surface area (Å²) in [5, 5.41) is 0. The second-order valence-electron chi connectivity index (χ2n) is 6.17. The van der Waals surface area contributed by atoms with E-state index in [0.29, 0.717) is 0 Å². The van der Waals surface area contributed by atoms with E-state index in [1.54, 1.807) is 16.7 Å². The molecule has 1 heterocycles. The molecule has 29 heavy (non-hydrogen) atoms. The average molecular weight is 409 g/mol. The van der Waals surface area contributed by atoms with Crippen molar-refractivity contribution in [3.8, 4) is 5.75 Å². The van der Waals surface area contributed by atoms with E-state index in [-0.39, 0.29) is 11.7 Å². The summed E-state index contributed by atoms with van der Waals surface area (Å²) in [6.07, 6.45) is 0. The van der Waals surface area contributed by atoms with Gasteiger partial charge in [0.1, 0.15) is 11.6 Å². The van der Waals surface area contributed by atoms with Crippen LogP contribution < -0.4 is 9.64 Å². The maximum atomic E-state index is 13.1. The van der Waals surface area contributed by atoms with Gasteiger partial charge in [-0.2, -0.15) is 0 Å². The fourth-order valence-corrected chi connectivity index (χ4v) is 3.98. The lowest BCUT2D eigenvalue weighted by Crippen LogP contribution is -2.33. The van der Waals surface area contributed by atoms with Crippen LogP contribution >= 0.6 is 11.8 Å². The minimum Gasteiger partial charge on any atom is -0.482 e. The second-order valence-corrected chi connectivity index (χ2v) is 7.26. The van der Waals surface area contributed by atoms with Gasteiger partial charge in [-0.15, -0.1) is 0 Å². The van der Waals surface area contributed by atoms with Crippen molar-refractivity contribution >= 4 is 35.0 Å². The van der Waals surface area contributed by atoms with Gasteiger partial charge in [-0.25, -0.2) is 9.18 Å². The molecule has 1 aliphatic heterocycles. The number of para-hydroxylation sites is 2. The molecule has 0 N–H and O–H groups in total. The third kappa shape index (κ3) is 4.25. The summed E-state index contributed by atoms with van der Waals surface area (Å²) < 4.78 is 23.4. The van der Waals surface area contributed by atoms with Crippen molar-refractivity contribution in [2.24, 2.45) is 0 Å². The number of hydrogen-bond donors (Lipinski definition) is 0. The largest absolute Gasteiger partial charge is 0.482 e. The quantitative estimate of drug-likeness (QED) is 0.578. The number of carbonyl (C=O) groups is 2. The smallest absolute Gasteiger partial charge is 0.344 e. The first-order chi connectivity index (χ1) is 14.1. The Morgan fingerprint density at radius 2 is 1.52 bits per heavy atom. The van der Waals surface area contributed by atoms with Crippen LogP contribution in [-0.2, 0) is 14.3 Å². The molecule has 3 aromatic rings. The Balaban J connectivity index is 1.43. The molecule has 0 spiro atoms. The van der Waals surface area contributed by atoms with Gasteiger partial charge in [0.25, 0.3) is 5.91 Å². The lowest BCUT2D eigenvalue weighted by molar-refractivity contribution is -0.149. The molecule has 146 valence electrons. The van der Waals surface area contributed by atoms with Gasteiger partial charge < -0.3 is 9.47 Å². The van der Waals surface area contributed by atoms with Crippen molar-refractivity contribution in [1.29, 1.82) is 0 Å². The fraction of sp³-hybridized carbons (Fsp3) is 0.0909. The minimum absolute atomic E-state index is 0.212.